The van der Waals surface area contributed by atoms with E-state index in [2.05, 4.69) is 5.32 Å². The number of halogens is 1. The number of nitrogens with zero attached hydrogens (tertiary/aromatic N) is 1. The zero-order valence-electron chi connectivity index (χ0n) is 13.4. The third-order valence-electron chi connectivity index (χ3n) is 4.95. The number of methoxy groups -OCH3 is 1. The van der Waals surface area contributed by atoms with Crippen LogP contribution in [0.5, 0.6) is 0 Å². The van der Waals surface area contributed by atoms with Gasteiger partial charge in [-0.25, -0.2) is 9.18 Å². The van der Waals surface area contributed by atoms with E-state index in [9.17, 15) is 14.0 Å². The average Bonchev–Trinajstić information content (AvgIpc) is 3.13. The molecule has 2 amide bonds. The summed E-state index contributed by atoms with van der Waals surface area (Å²) in [6.45, 7) is 2.67. The molecule has 1 heterocycles. The number of urea groups is 1. The van der Waals surface area contributed by atoms with Gasteiger partial charge in [0.15, 0.2) is 0 Å². The van der Waals surface area contributed by atoms with Crippen LogP contribution in [-0.4, -0.2) is 37.1 Å². The predicted molar refractivity (Wildman–Crippen MR) is 82.3 cm³/mol. The fraction of sp³-hybridized carbons (Fsp3) is 0.529. The number of carbonyl (C=O) groups is 2. The zero-order valence-corrected chi connectivity index (χ0v) is 13.4. The van der Waals surface area contributed by atoms with Crippen molar-refractivity contribution in [1.82, 2.24) is 10.2 Å². The molecule has 0 bridgehead atoms. The van der Waals surface area contributed by atoms with E-state index in [1.807, 2.05) is 13.0 Å². The molecular formula is C17H21FN2O3. The van der Waals surface area contributed by atoms with E-state index >= 15 is 0 Å². The Kier molecular flexibility index (Phi) is 4.00. The minimum Gasteiger partial charge on any atom is -0.469 e. The number of hydrogen-bond acceptors (Lipinski definition) is 3. The third-order valence-corrected chi connectivity index (χ3v) is 4.95. The molecule has 3 rings (SSSR count). The van der Waals surface area contributed by atoms with Crippen molar-refractivity contribution in [2.24, 2.45) is 5.41 Å². The van der Waals surface area contributed by atoms with E-state index in [0.717, 1.165) is 5.56 Å². The summed E-state index contributed by atoms with van der Waals surface area (Å²) < 4.78 is 18.6. The summed E-state index contributed by atoms with van der Waals surface area (Å²) in [7, 11) is 1.36. The molecule has 0 radical (unpaired) electrons. The lowest BCUT2D eigenvalue weighted by Gasteiger charge is -2.24. The van der Waals surface area contributed by atoms with Gasteiger partial charge in [-0.15, -0.1) is 0 Å². The van der Waals surface area contributed by atoms with Crippen molar-refractivity contribution in [2.75, 3.05) is 20.2 Å². The van der Waals surface area contributed by atoms with Crippen molar-refractivity contribution >= 4 is 12.0 Å². The summed E-state index contributed by atoms with van der Waals surface area (Å²) in [5.41, 5.74) is 0.901. The second-order valence-electron chi connectivity index (χ2n) is 6.57. The number of rotatable bonds is 2. The van der Waals surface area contributed by atoms with Gasteiger partial charge in [-0.05, 0) is 43.4 Å². The maximum absolute atomic E-state index is 13.8. The SMILES string of the molecule is COC(=O)[C@@]1(C)CCN(C(=O)N[C@@H]2CCc3c(F)cccc32)C1. The molecule has 1 aromatic rings. The number of amides is 2. The quantitative estimate of drug-likeness (QED) is 0.851. The number of fused-ring (bicyclic) bond motifs is 1. The standard InChI is InChI=1S/C17H21FN2O3/c1-17(15(21)23-2)8-9-20(10-17)16(22)19-14-7-6-11-12(14)4-3-5-13(11)18/h3-5,14H,6-10H2,1-2H3,(H,19,22)/t14-,17+/m1/s1. The van der Waals surface area contributed by atoms with Crippen LogP contribution in [0, 0.1) is 11.2 Å². The molecule has 124 valence electrons. The number of hydrogen-bond donors (Lipinski definition) is 1. The highest BCUT2D eigenvalue weighted by molar-refractivity contribution is 5.80. The summed E-state index contributed by atoms with van der Waals surface area (Å²) in [4.78, 5) is 25.9. The van der Waals surface area contributed by atoms with Gasteiger partial charge < -0.3 is 15.0 Å². The summed E-state index contributed by atoms with van der Waals surface area (Å²) in [5, 5.41) is 2.97. The van der Waals surface area contributed by atoms with Gasteiger partial charge in [-0.1, -0.05) is 12.1 Å². The number of esters is 1. The van der Waals surface area contributed by atoms with E-state index in [1.165, 1.54) is 13.2 Å². The predicted octanol–water partition coefficient (Wildman–Crippen LogP) is 2.41. The number of ether oxygens (including phenoxy) is 1. The van der Waals surface area contributed by atoms with Crippen LogP contribution >= 0.6 is 0 Å². The Labute approximate surface area is 134 Å². The molecule has 5 nitrogen and oxygen atoms in total. The Bertz CT molecular complexity index is 649. The number of carbonyl (C=O) groups excluding carboxylic acids is 2. The van der Waals surface area contributed by atoms with Gasteiger partial charge in [0.1, 0.15) is 5.82 Å². The first-order valence-electron chi connectivity index (χ1n) is 7.86. The molecule has 2 aliphatic rings. The van der Waals surface area contributed by atoms with Crippen LogP contribution in [0.3, 0.4) is 0 Å². The van der Waals surface area contributed by atoms with Gasteiger partial charge in [0.05, 0.1) is 18.6 Å². The average molecular weight is 320 g/mol. The van der Waals surface area contributed by atoms with Gasteiger partial charge in [-0.3, -0.25) is 4.79 Å². The van der Waals surface area contributed by atoms with E-state index < -0.39 is 5.41 Å². The van der Waals surface area contributed by atoms with Crippen LogP contribution in [0.1, 0.15) is 36.9 Å². The molecular weight excluding hydrogens is 299 g/mol. The Balaban J connectivity index is 1.66. The van der Waals surface area contributed by atoms with Gasteiger partial charge in [-0.2, -0.15) is 0 Å². The first kappa shape index (κ1) is 15.8. The molecule has 1 aliphatic heterocycles. The van der Waals surface area contributed by atoms with Gasteiger partial charge in [0, 0.05) is 13.1 Å². The lowest BCUT2D eigenvalue weighted by atomic mass is 9.90. The molecule has 0 spiro atoms. The smallest absolute Gasteiger partial charge is 0.317 e. The highest BCUT2D eigenvalue weighted by Gasteiger charge is 2.43. The molecule has 1 fully saturated rings. The molecule has 0 aromatic heterocycles. The largest absolute Gasteiger partial charge is 0.469 e. The van der Waals surface area contributed by atoms with Crippen LogP contribution in [0.2, 0.25) is 0 Å². The zero-order chi connectivity index (χ0) is 16.6. The summed E-state index contributed by atoms with van der Waals surface area (Å²) in [6, 6.07) is 4.60. The van der Waals surface area contributed by atoms with Crippen molar-refractivity contribution in [2.45, 2.75) is 32.2 Å². The van der Waals surface area contributed by atoms with E-state index in [1.54, 1.807) is 11.0 Å². The number of likely N-dealkylation sites (tertiary alicyclic amines) is 1. The molecule has 1 aliphatic carbocycles. The minimum atomic E-state index is -0.647. The molecule has 0 saturated carbocycles. The number of benzene rings is 1. The maximum atomic E-state index is 13.8. The molecule has 6 heteroatoms. The lowest BCUT2D eigenvalue weighted by molar-refractivity contribution is -0.150. The first-order chi connectivity index (χ1) is 10.9. The van der Waals surface area contributed by atoms with E-state index in [4.69, 9.17) is 4.74 Å². The Hall–Kier alpha value is -2.11. The summed E-state index contributed by atoms with van der Waals surface area (Å²) in [6.07, 6.45) is 1.92. The van der Waals surface area contributed by atoms with Crippen molar-refractivity contribution in [1.29, 1.82) is 0 Å². The number of nitrogens with one attached hydrogen (secondary N) is 1. The fourth-order valence-electron chi connectivity index (χ4n) is 3.55. The highest BCUT2D eigenvalue weighted by atomic mass is 19.1. The topological polar surface area (TPSA) is 58.6 Å². The fourth-order valence-corrected chi connectivity index (χ4v) is 3.55. The molecule has 2 atom stereocenters. The van der Waals surface area contributed by atoms with Gasteiger partial charge in [0.2, 0.25) is 0 Å². The molecule has 23 heavy (non-hydrogen) atoms. The Morgan fingerprint density at radius 2 is 2.22 bits per heavy atom. The molecule has 1 aromatic carbocycles. The second kappa shape index (κ2) is 5.83. The van der Waals surface area contributed by atoms with E-state index in [0.29, 0.717) is 37.9 Å². The van der Waals surface area contributed by atoms with Crippen LogP contribution < -0.4 is 5.32 Å². The molecule has 1 saturated heterocycles. The van der Waals surface area contributed by atoms with Crippen LogP contribution in [-0.2, 0) is 16.0 Å². The van der Waals surface area contributed by atoms with Crippen LogP contribution in [0.25, 0.3) is 0 Å². The lowest BCUT2D eigenvalue weighted by Crippen LogP contribution is -2.42. The van der Waals surface area contributed by atoms with Crippen molar-refractivity contribution in [3.63, 3.8) is 0 Å². The second-order valence-corrected chi connectivity index (χ2v) is 6.57. The maximum Gasteiger partial charge on any atom is 0.317 e. The molecule has 0 unspecified atom stereocenters. The van der Waals surface area contributed by atoms with Crippen molar-refractivity contribution in [3.8, 4) is 0 Å². The Morgan fingerprint density at radius 3 is 2.96 bits per heavy atom. The summed E-state index contributed by atoms with van der Waals surface area (Å²) >= 11 is 0. The van der Waals surface area contributed by atoms with Gasteiger partial charge >= 0.3 is 12.0 Å². The summed E-state index contributed by atoms with van der Waals surface area (Å²) in [5.74, 6) is -0.500. The first-order valence-corrected chi connectivity index (χ1v) is 7.86. The third kappa shape index (κ3) is 2.78. The van der Waals surface area contributed by atoms with Crippen molar-refractivity contribution in [3.05, 3.63) is 35.1 Å². The van der Waals surface area contributed by atoms with Crippen LogP contribution in [0.15, 0.2) is 18.2 Å². The van der Waals surface area contributed by atoms with Crippen LogP contribution in [0.4, 0.5) is 9.18 Å². The van der Waals surface area contributed by atoms with Gasteiger partial charge in [0.25, 0.3) is 0 Å². The normalized spacial score (nSPS) is 26.0. The monoisotopic (exact) mass is 320 g/mol. The minimum absolute atomic E-state index is 0.168. The molecule has 1 N–H and O–H groups in total. The van der Waals surface area contributed by atoms with E-state index in [-0.39, 0.29) is 23.9 Å². The Morgan fingerprint density at radius 1 is 1.43 bits per heavy atom. The van der Waals surface area contributed by atoms with Crippen molar-refractivity contribution < 1.29 is 18.7 Å². The highest BCUT2D eigenvalue weighted by Crippen LogP contribution is 2.34.